The van der Waals surface area contributed by atoms with Gasteiger partial charge in [-0.05, 0) is 36.2 Å². The van der Waals surface area contributed by atoms with Crippen molar-refractivity contribution in [1.82, 2.24) is 5.16 Å². The number of hydrogen-bond acceptors (Lipinski definition) is 3. The Morgan fingerprint density at radius 2 is 1.86 bits per heavy atom. The molecule has 21 heavy (non-hydrogen) atoms. The van der Waals surface area contributed by atoms with E-state index >= 15 is 0 Å². The molecule has 2 N–H and O–H groups in total. The number of nitrogens with zero attached hydrogens (tertiary/aromatic N) is 1. The molecule has 1 heterocycles. The molecule has 106 valence electrons. The van der Waals surface area contributed by atoms with E-state index in [-0.39, 0.29) is 11.7 Å². The minimum Gasteiger partial charge on any atom is -0.367 e. The number of aryl methyl sites for hydroxylation is 1. The summed E-state index contributed by atoms with van der Waals surface area (Å²) in [6, 6.07) is 12.7. The van der Waals surface area contributed by atoms with Crippen LogP contribution in [0.2, 0.25) is 0 Å². The first kappa shape index (κ1) is 13.8. The summed E-state index contributed by atoms with van der Waals surface area (Å²) in [5.41, 5.74) is 8.65. The van der Waals surface area contributed by atoms with E-state index in [0.717, 1.165) is 10.0 Å². The number of halogens is 2. The lowest BCUT2D eigenvalue weighted by molar-refractivity contribution is 0.439. The minimum absolute atomic E-state index is 0.174. The normalized spacial score (nSPS) is 10.8. The van der Waals surface area contributed by atoms with Crippen molar-refractivity contribution in [2.75, 3.05) is 5.73 Å². The maximum absolute atomic E-state index is 14.3. The highest BCUT2D eigenvalue weighted by Crippen LogP contribution is 2.37. The molecule has 0 aliphatic carbocycles. The Hall–Kier alpha value is -2.14. The molecule has 0 saturated carbocycles. The van der Waals surface area contributed by atoms with Crippen LogP contribution in [0.3, 0.4) is 0 Å². The van der Waals surface area contributed by atoms with Crippen LogP contribution in [0.1, 0.15) is 5.56 Å². The fraction of sp³-hybridized carbons (Fsp3) is 0.0625. The SMILES string of the molecule is Cc1cccc(-c2noc(N)c2-c2ccc(Br)cc2)c1F. The highest BCUT2D eigenvalue weighted by molar-refractivity contribution is 9.10. The second-order valence-electron chi connectivity index (χ2n) is 4.71. The highest BCUT2D eigenvalue weighted by atomic mass is 79.9. The van der Waals surface area contributed by atoms with Gasteiger partial charge in [0.15, 0.2) is 0 Å². The molecule has 0 aliphatic heterocycles. The Balaban J connectivity index is 2.22. The first-order valence-corrected chi connectivity index (χ1v) is 7.14. The molecule has 5 heteroatoms. The number of benzene rings is 2. The molecule has 3 rings (SSSR count). The van der Waals surface area contributed by atoms with Crippen molar-refractivity contribution in [3.8, 4) is 22.4 Å². The fourth-order valence-corrected chi connectivity index (χ4v) is 2.48. The van der Waals surface area contributed by atoms with Crippen LogP contribution in [0.15, 0.2) is 51.5 Å². The zero-order valence-corrected chi connectivity index (χ0v) is 12.8. The molecule has 0 bridgehead atoms. The van der Waals surface area contributed by atoms with Crippen molar-refractivity contribution < 1.29 is 8.91 Å². The summed E-state index contributed by atoms with van der Waals surface area (Å²) in [6.07, 6.45) is 0. The van der Waals surface area contributed by atoms with Gasteiger partial charge in [-0.2, -0.15) is 0 Å². The standard InChI is InChI=1S/C16H12BrFN2O/c1-9-3-2-4-12(14(9)18)15-13(16(19)21-20-15)10-5-7-11(17)8-6-10/h2-8H,19H2,1H3. The molecule has 1 aromatic heterocycles. The van der Waals surface area contributed by atoms with Crippen LogP contribution in [0.25, 0.3) is 22.4 Å². The van der Waals surface area contributed by atoms with Gasteiger partial charge in [0, 0.05) is 10.0 Å². The first-order chi connectivity index (χ1) is 10.1. The lowest BCUT2D eigenvalue weighted by Crippen LogP contribution is -1.92. The summed E-state index contributed by atoms with van der Waals surface area (Å²) in [5, 5.41) is 3.94. The number of anilines is 1. The smallest absolute Gasteiger partial charge is 0.230 e. The maximum atomic E-state index is 14.3. The average Bonchev–Trinajstić information content (AvgIpc) is 2.85. The summed E-state index contributed by atoms with van der Waals surface area (Å²) in [7, 11) is 0. The monoisotopic (exact) mass is 346 g/mol. The number of nitrogen functional groups attached to an aromatic ring is 1. The predicted octanol–water partition coefficient (Wildman–Crippen LogP) is 4.80. The Bertz CT molecular complexity index is 797. The third-order valence-corrected chi connectivity index (χ3v) is 3.83. The van der Waals surface area contributed by atoms with Crippen molar-refractivity contribution in [3.05, 3.63) is 58.3 Å². The van der Waals surface area contributed by atoms with E-state index in [9.17, 15) is 4.39 Å². The number of hydrogen-bond donors (Lipinski definition) is 1. The lowest BCUT2D eigenvalue weighted by atomic mass is 9.99. The fourth-order valence-electron chi connectivity index (χ4n) is 2.21. The Morgan fingerprint density at radius 3 is 2.57 bits per heavy atom. The molecular formula is C16H12BrFN2O. The quantitative estimate of drug-likeness (QED) is 0.724. The van der Waals surface area contributed by atoms with Crippen LogP contribution in [0.4, 0.5) is 10.3 Å². The van der Waals surface area contributed by atoms with Crippen LogP contribution in [-0.2, 0) is 0 Å². The molecule has 3 aromatic rings. The van der Waals surface area contributed by atoms with Gasteiger partial charge in [0.2, 0.25) is 5.88 Å². The van der Waals surface area contributed by atoms with Crippen LogP contribution >= 0.6 is 15.9 Å². The highest BCUT2D eigenvalue weighted by Gasteiger charge is 2.20. The van der Waals surface area contributed by atoms with Gasteiger partial charge in [-0.3, -0.25) is 0 Å². The number of rotatable bonds is 2. The molecule has 0 amide bonds. The van der Waals surface area contributed by atoms with Crippen LogP contribution in [0.5, 0.6) is 0 Å². The minimum atomic E-state index is -0.316. The maximum Gasteiger partial charge on any atom is 0.230 e. The average molecular weight is 347 g/mol. The summed E-state index contributed by atoms with van der Waals surface area (Å²) in [5.74, 6) is -0.141. The van der Waals surface area contributed by atoms with Gasteiger partial charge in [0.05, 0.1) is 5.56 Å². The van der Waals surface area contributed by atoms with Crippen molar-refractivity contribution >= 4 is 21.8 Å². The summed E-state index contributed by atoms with van der Waals surface area (Å²) < 4.78 is 20.4. The van der Waals surface area contributed by atoms with Gasteiger partial charge in [-0.1, -0.05) is 45.4 Å². The van der Waals surface area contributed by atoms with E-state index < -0.39 is 0 Å². The second-order valence-corrected chi connectivity index (χ2v) is 5.63. The molecule has 0 aliphatic rings. The van der Waals surface area contributed by atoms with Crippen LogP contribution in [-0.4, -0.2) is 5.16 Å². The molecule has 0 saturated heterocycles. The Kier molecular flexibility index (Phi) is 3.51. The van der Waals surface area contributed by atoms with Crippen molar-refractivity contribution in [1.29, 1.82) is 0 Å². The molecule has 0 fully saturated rings. The van der Waals surface area contributed by atoms with Gasteiger partial charge in [0.25, 0.3) is 0 Å². The van der Waals surface area contributed by atoms with E-state index in [2.05, 4.69) is 21.1 Å². The van der Waals surface area contributed by atoms with Gasteiger partial charge >= 0.3 is 0 Å². The lowest BCUT2D eigenvalue weighted by Gasteiger charge is -2.06. The predicted molar refractivity (Wildman–Crippen MR) is 84.2 cm³/mol. The Labute approximate surface area is 129 Å². The van der Waals surface area contributed by atoms with E-state index in [1.165, 1.54) is 0 Å². The van der Waals surface area contributed by atoms with Crippen LogP contribution < -0.4 is 5.73 Å². The Morgan fingerprint density at radius 1 is 1.14 bits per heavy atom. The molecule has 2 aromatic carbocycles. The molecule has 3 nitrogen and oxygen atoms in total. The molecule has 0 unspecified atom stereocenters. The second kappa shape index (κ2) is 5.33. The zero-order valence-electron chi connectivity index (χ0n) is 11.2. The first-order valence-electron chi connectivity index (χ1n) is 6.34. The van der Waals surface area contributed by atoms with Crippen molar-refractivity contribution in [3.63, 3.8) is 0 Å². The van der Waals surface area contributed by atoms with Gasteiger partial charge in [-0.25, -0.2) is 4.39 Å². The molecule has 0 atom stereocenters. The van der Waals surface area contributed by atoms with Gasteiger partial charge < -0.3 is 10.3 Å². The number of nitrogens with two attached hydrogens (primary N) is 1. The van der Waals surface area contributed by atoms with Gasteiger partial charge in [-0.15, -0.1) is 0 Å². The van der Waals surface area contributed by atoms with E-state index in [4.69, 9.17) is 10.3 Å². The van der Waals surface area contributed by atoms with E-state index in [1.54, 1.807) is 25.1 Å². The third-order valence-electron chi connectivity index (χ3n) is 3.30. The molecule has 0 spiro atoms. The van der Waals surface area contributed by atoms with Crippen molar-refractivity contribution in [2.45, 2.75) is 6.92 Å². The summed E-state index contributed by atoms with van der Waals surface area (Å²) >= 11 is 3.38. The van der Waals surface area contributed by atoms with Gasteiger partial charge in [0.1, 0.15) is 11.5 Å². The largest absolute Gasteiger partial charge is 0.367 e. The third kappa shape index (κ3) is 2.45. The molecular weight excluding hydrogens is 335 g/mol. The molecule has 0 radical (unpaired) electrons. The number of aromatic nitrogens is 1. The van der Waals surface area contributed by atoms with E-state index in [0.29, 0.717) is 22.4 Å². The summed E-state index contributed by atoms with van der Waals surface area (Å²) in [6.45, 7) is 1.71. The zero-order chi connectivity index (χ0) is 15.0. The van der Waals surface area contributed by atoms with Crippen molar-refractivity contribution in [2.24, 2.45) is 0 Å². The topological polar surface area (TPSA) is 52.0 Å². The summed E-state index contributed by atoms with van der Waals surface area (Å²) in [4.78, 5) is 0. The van der Waals surface area contributed by atoms with E-state index in [1.807, 2.05) is 24.3 Å². The van der Waals surface area contributed by atoms with Crippen LogP contribution in [0, 0.1) is 12.7 Å².